The molecule has 0 saturated heterocycles. The number of nitrogens with zero attached hydrogens (tertiary/aromatic N) is 1. The van der Waals surface area contributed by atoms with Gasteiger partial charge < -0.3 is 18.9 Å². The molecule has 3 rings (SSSR count). The van der Waals surface area contributed by atoms with Crippen LogP contribution in [0.15, 0.2) is 35.4 Å². The lowest BCUT2D eigenvalue weighted by atomic mass is 10.2. The second-order valence-electron chi connectivity index (χ2n) is 5.01. The molecule has 0 bridgehead atoms. The number of hydrazone groups is 1. The first-order chi connectivity index (χ1) is 12.1. The van der Waals surface area contributed by atoms with Crippen LogP contribution in [-0.2, 0) is 0 Å². The Morgan fingerprint density at radius 3 is 2.76 bits per heavy atom. The molecule has 25 heavy (non-hydrogen) atoms. The van der Waals surface area contributed by atoms with Crippen molar-refractivity contribution in [2.45, 2.75) is 0 Å². The van der Waals surface area contributed by atoms with E-state index in [1.54, 1.807) is 30.3 Å². The van der Waals surface area contributed by atoms with Crippen molar-refractivity contribution in [2.75, 3.05) is 21.0 Å². The van der Waals surface area contributed by atoms with Gasteiger partial charge in [-0.1, -0.05) is 11.6 Å². The van der Waals surface area contributed by atoms with E-state index >= 15 is 0 Å². The SMILES string of the molecule is COc1ccc(C(=O)N/N=C\c2cc(Cl)c3c(c2)OCO3)cc1OC. The van der Waals surface area contributed by atoms with Gasteiger partial charge in [0.1, 0.15) is 0 Å². The highest BCUT2D eigenvalue weighted by Gasteiger charge is 2.17. The minimum Gasteiger partial charge on any atom is -0.493 e. The minimum absolute atomic E-state index is 0.131. The molecule has 0 atom stereocenters. The van der Waals surface area contributed by atoms with Crippen molar-refractivity contribution in [1.82, 2.24) is 5.43 Å². The number of ether oxygens (including phenoxy) is 4. The molecule has 0 saturated carbocycles. The predicted octanol–water partition coefficient (Wildman–Crippen LogP) is 2.85. The highest BCUT2D eigenvalue weighted by molar-refractivity contribution is 6.32. The number of carbonyl (C=O) groups is 1. The summed E-state index contributed by atoms with van der Waals surface area (Å²) in [5.74, 6) is 1.66. The molecular formula is C17H15ClN2O5. The summed E-state index contributed by atoms with van der Waals surface area (Å²) in [5.41, 5.74) is 3.50. The maximum atomic E-state index is 12.2. The zero-order valence-electron chi connectivity index (χ0n) is 13.5. The van der Waals surface area contributed by atoms with E-state index < -0.39 is 0 Å². The number of rotatable bonds is 5. The first kappa shape index (κ1) is 16.9. The highest BCUT2D eigenvalue weighted by Crippen LogP contribution is 2.39. The van der Waals surface area contributed by atoms with E-state index in [2.05, 4.69) is 10.5 Å². The Morgan fingerprint density at radius 2 is 2.00 bits per heavy atom. The largest absolute Gasteiger partial charge is 0.493 e. The second kappa shape index (κ2) is 7.31. The van der Waals surface area contributed by atoms with Gasteiger partial charge in [0.05, 0.1) is 25.5 Å². The third-order valence-electron chi connectivity index (χ3n) is 3.47. The predicted molar refractivity (Wildman–Crippen MR) is 92.2 cm³/mol. The molecule has 1 N–H and O–H groups in total. The summed E-state index contributed by atoms with van der Waals surface area (Å²) in [4.78, 5) is 12.2. The third kappa shape index (κ3) is 3.61. The standard InChI is InChI=1S/C17H15ClN2O5/c1-22-13-4-3-11(7-14(13)23-2)17(21)20-19-8-10-5-12(18)16-15(6-10)24-9-25-16/h3-8H,9H2,1-2H3,(H,20,21)/b19-8-. The Bertz CT molecular complexity index is 838. The van der Waals surface area contributed by atoms with Crippen LogP contribution in [0.4, 0.5) is 0 Å². The van der Waals surface area contributed by atoms with Crippen LogP contribution < -0.4 is 24.4 Å². The van der Waals surface area contributed by atoms with Crippen molar-refractivity contribution in [2.24, 2.45) is 5.10 Å². The van der Waals surface area contributed by atoms with Crippen molar-refractivity contribution < 1.29 is 23.7 Å². The lowest BCUT2D eigenvalue weighted by Gasteiger charge is -2.08. The average Bonchev–Trinajstić information content (AvgIpc) is 3.10. The molecule has 8 heteroatoms. The second-order valence-corrected chi connectivity index (χ2v) is 5.41. The minimum atomic E-state index is -0.385. The molecule has 0 aromatic heterocycles. The van der Waals surface area contributed by atoms with E-state index in [1.807, 2.05) is 0 Å². The molecule has 1 aliphatic heterocycles. The van der Waals surface area contributed by atoms with E-state index in [0.29, 0.717) is 39.1 Å². The molecule has 0 aliphatic carbocycles. The van der Waals surface area contributed by atoms with Crippen LogP contribution in [-0.4, -0.2) is 33.1 Å². The maximum Gasteiger partial charge on any atom is 0.271 e. The van der Waals surface area contributed by atoms with E-state index in [4.69, 9.17) is 30.5 Å². The molecule has 1 heterocycles. The quantitative estimate of drug-likeness (QED) is 0.653. The smallest absolute Gasteiger partial charge is 0.271 e. The Hall–Kier alpha value is -2.93. The highest BCUT2D eigenvalue weighted by atomic mass is 35.5. The van der Waals surface area contributed by atoms with Crippen molar-refractivity contribution in [3.8, 4) is 23.0 Å². The Kier molecular flexibility index (Phi) is 4.95. The van der Waals surface area contributed by atoms with Gasteiger partial charge in [-0.05, 0) is 35.9 Å². The Labute approximate surface area is 149 Å². The molecule has 0 unspecified atom stereocenters. The normalized spacial score (nSPS) is 12.3. The topological polar surface area (TPSA) is 78.4 Å². The molecular weight excluding hydrogens is 348 g/mol. The maximum absolute atomic E-state index is 12.2. The van der Waals surface area contributed by atoms with Gasteiger partial charge in [-0.2, -0.15) is 5.10 Å². The number of methoxy groups -OCH3 is 2. The molecule has 0 radical (unpaired) electrons. The molecule has 0 spiro atoms. The van der Waals surface area contributed by atoms with Crippen LogP contribution in [0.2, 0.25) is 5.02 Å². The van der Waals surface area contributed by atoms with Crippen molar-refractivity contribution in [1.29, 1.82) is 0 Å². The summed E-state index contributed by atoms with van der Waals surface area (Å²) < 4.78 is 20.8. The molecule has 1 aliphatic rings. The number of carbonyl (C=O) groups excluding carboxylic acids is 1. The van der Waals surface area contributed by atoms with Crippen LogP contribution in [0.25, 0.3) is 0 Å². The molecule has 7 nitrogen and oxygen atoms in total. The summed E-state index contributed by atoms with van der Waals surface area (Å²) in [7, 11) is 3.03. The van der Waals surface area contributed by atoms with E-state index in [9.17, 15) is 4.79 Å². The van der Waals surface area contributed by atoms with E-state index in [0.717, 1.165) is 0 Å². The summed E-state index contributed by atoms with van der Waals surface area (Å²) in [6.07, 6.45) is 1.46. The first-order valence-electron chi connectivity index (χ1n) is 7.27. The number of benzene rings is 2. The number of hydrogen-bond acceptors (Lipinski definition) is 6. The fraction of sp³-hybridized carbons (Fsp3) is 0.176. The molecule has 1 amide bonds. The van der Waals surface area contributed by atoms with Crippen LogP contribution in [0.1, 0.15) is 15.9 Å². The van der Waals surface area contributed by atoms with Crippen LogP contribution in [0.5, 0.6) is 23.0 Å². The van der Waals surface area contributed by atoms with E-state index in [1.165, 1.54) is 20.4 Å². The van der Waals surface area contributed by atoms with Crippen LogP contribution in [0.3, 0.4) is 0 Å². The van der Waals surface area contributed by atoms with Gasteiger partial charge in [-0.25, -0.2) is 5.43 Å². The van der Waals surface area contributed by atoms with Gasteiger partial charge in [0.15, 0.2) is 23.0 Å². The lowest BCUT2D eigenvalue weighted by Crippen LogP contribution is -2.17. The first-order valence-corrected chi connectivity index (χ1v) is 7.64. The molecule has 2 aromatic rings. The van der Waals surface area contributed by atoms with Gasteiger partial charge in [0, 0.05) is 5.56 Å². The van der Waals surface area contributed by atoms with Gasteiger partial charge in [0.2, 0.25) is 6.79 Å². The van der Waals surface area contributed by atoms with Crippen molar-refractivity contribution >= 4 is 23.7 Å². The Balaban J connectivity index is 1.70. The summed E-state index contributed by atoms with van der Waals surface area (Å²) >= 11 is 6.09. The van der Waals surface area contributed by atoms with Crippen molar-refractivity contribution in [3.05, 3.63) is 46.5 Å². The van der Waals surface area contributed by atoms with Gasteiger partial charge >= 0.3 is 0 Å². The molecule has 0 fully saturated rings. The van der Waals surface area contributed by atoms with Crippen molar-refractivity contribution in [3.63, 3.8) is 0 Å². The summed E-state index contributed by atoms with van der Waals surface area (Å²) in [6.45, 7) is 0.131. The van der Waals surface area contributed by atoms with E-state index in [-0.39, 0.29) is 12.7 Å². The molecule has 130 valence electrons. The number of amides is 1. The van der Waals surface area contributed by atoms with Gasteiger partial charge in [-0.15, -0.1) is 0 Å². The fourth-order valence-electron chi connectivity index (χ4n) is 2.27. The monoisotopic (exact) mass is 362 g/mol. The Morgan fingerprint density at radius 1 is 1.20 bits per heavy atom. The number of halogens is 1. The number of nitrogens with one attached hydrogen (secondary N) is 1. The average molecular weight is 363 g/mol. The fourth-order valence-corrected chi connectivity index (χ4v) is 2.54. The zero-order chi connectivity index (χ0) is 17.8. The summed E-state index contributed by atoms with van der Waals surface area (Å²) in [5, 5.41) is 4.35. The van der Waals surface area contributed by atoms with Crippen LogP contribution >= 0.6 is 11.6 Å². The zero-order valence-corrected chi connectivity index (χ0v) is 14.3. The van der Waals surface area contributed by atoms with Gasteiger partial charge in [-0.3, -0.25) is 4.79 Å². The number of hydrogen-bond donors (Lipinski definition) is 1. The molecule has 2 aromatic carbocycles. The van der Waals surface area contributed by atoms with Crippen LogP contribution in [0, 0.1) is 0 Å². The lowest BCUT2D eigenvalue weighted by molar-refractivity contribution is 0.0954. The summed E-state index contributed by atoms with van der Waals surface area (Å²) in [6, 6.07) is 8.22. The third-order valence-corrected chi connectivity index (χ3v) is 3.76. The number of fused-ring (bicyclic) bond motifs is 1. The van der Waals surface area contributed by atoms with Gasteiger partial charge in [0.25, 0.3) is 5.91 Å².